The Morgan fingerprint density at radius 1 is 1.58 bits per heavy atom. The van der Waals surface area contributed by atoms with E-state index in [1.807, 2.05) is 6.92 Å². The number of rotatable bonds is 5. The largest absolute Gasteiger partial charge is 0.482 e. The summed E-state index contributed by atoms with van der Waals surface area (Å²) in [6.45, 7) is 1.59. The number of carbonyl (C=O) groups excluding carboxylic acids is 2. The van der Waals surface area contributed by atoms with Crippen LogP contribution in [0.5, 0.6) is 5.75 Å². The number of benzene rings is 1. The number of thiazole rings is 1. The van der Waals surface area contributed by atoms with Crippen LogP contribution in [0.3, 0.4) is 0 Å². The Kier molecular flexibility index (Phi) is 5.80. The number of nitrogens with one attached hydrogen (secondary N) is 1. The quantitative estimate of drug-likeness (QED) is 0.699. The van der Waals surface area contributed by atoms with Gasteiger partial charge in [0.25, 0.3) is 5.91 Å². The molecule has 1 aliphatic heterocycles. The Labute approximate surface area is 166 Å². The van der Waals surface area contributed by atoms with Gasteiger partial charge in [0.15, 0.2) is 11.7 Å². The second-order valence-electron chi connectivity index (χ2n) is 5.27. The van der Waals surface area contributed by atoms with E-state index in [0.29, 0.717) is 22.3 Å². The summed E-state index contributed by atoms with van der Waals surface area (Å²) in [6.07, 6.45) is 0. The van der Waals surface area contributed by atoms with E-state index in [2.05, 4.69) is 32.3 Å². The molecule has 26 heavy (non-hydrogen) atoms. The summed E-state index contributed by atoms with van der Waals surface area (Å²) >= 11 is 6.05. The monoisotopic (exact) mass is 452 g/mol. The topological polar surface area (TPSA) is 95.3 Å². The van der Waals surface area contributed by atoms with E-state index in [-0.39, 0.29) is 25.0 Å². The summed E-state index contributed by atoms with van der Waals surface area (Å²) in [7, 11) is 0. The van der Waals surface area contributed by atoms with E-state index >= 15 is 0 Å². The number of aryl methyl sites for hydroxylation is 1. The van der Waals surface area contributed by atoms with Gasteiger partial charge in [-0.3, -0.25) is 14.5 Å². The Morgan fingerprint density at radius 3 is 3.15 bits per heavy atom. The summed E-state index contributed by atoms with van der Waals surface area (Å²) in [5, 5.41) is 11.8. The maximum absolute atomic E-state index is 12.4. The Hall–Kier alpha value is -2.09. The van der Waals surface area contributed by atoms with Crippen molar-refractivity contribution in [1.29, 1.82) is 5.26 Å². The molecule has 2 heterocycles. The number of carbonyl (C=O) groups is 2. The molecule has 0 saturated carbocycles. The van der Waals surface area contributed by atoms with E-state index in [1.165, 1.54) is 28.0 Å². The number of halogens is 1. The van der Waals surface area contributed by atoms with Crippen LogP contribution in [0, 0.1) is 18.3 Å². The lowest BCUT2D eigenvalue weighted by Gasteiger charge is -2.28. The first kappa shape index (κ1) is 18.7. The van der Waals surface area contributed by atoms with Crippen molar-refractivity contribution in [3.63, 3.8) is 0 Å². The summed E-state index contributed by atoms with van der Waals surface area (Å²) in [5.74, 6) is 0.243. The first-order chi connectivity index (χ1) is 12.5. The van der Waals surface area contributed by atoms with Gasteiger partial charge in [-0.15, -0.1) is 0 Å². The standard InChI is InChI=1S/C16H13BrN4O3S2/c1-9-15(25-5-4-18)26-16(19-9)20-13(22)7-21-11-3-2-10(17)6-12(11)24-8-14(21)23/h2-3,6H,5,7-8H2,1H3,(H,19,20,22). The van der Waals surface area contributed by atoms with E-state index in [4.69, 9.17) is 10.00 Å². The fraction of sp³-hybridized carbons (Fsp3) is 0.250. The average Bonchev–Trinajstić information content (AvgIpc) is 2.94. The van der Waals surface area contributed by atoms with Crippen LogP contribution in [-0.4, -0.2) is 35.7 Å². The molecule has 134 valence electrons. The van der Waals surface area contributed by atoms with Crippen molar-refractivity contribution in [3.8, 4) is 11.8 Å². The minimum Gasteiger partial charge on any atom is -0.482 e. The van der Waals surface area contributed by atoms with E-state index in [9.17, 15) is 9.59 Å². The molecule has 0 atom stereocenters. The van der Waals surface area contributed by atoms with Gasteiger partial charge in [-0.2, -0.15) is 5.26 Å². The van der Waals surface area contributed by atoms with Crippen molar-refractivity contribution >= 4 is 61.7 Å². The predicted molar refractivity (Wildman–Crippen MR) is 104 cm³/mol. The molecule has 1 aliphatic rings. The normalized spacial score (nSPS) is 13.0. The van der Waals surface area contributed by atoms with Crippen molar-refractivity contribution in [2.75, 3.05) is 29.1 Å². The number of amides is 2. The van der Waals surface area contributed by atoms with Gasteiger partial charge < -0.3 is 10.1 Å². The lowest BCUT2D eigenvalue weighted by Crippen LogP contribution is -2.43. The van der Waals surface area contributed by atoms with Crippen LogP contribution in [0.25, 0.3) is 0 Å². The summed E-state index contributed by atoms with van der Waals surface area (Å²) in [4.78, 5) is 30.2. The molecule has 3 rings (SSSR count). The van der Waals surface area contributed by atoms with Crippen LogP contribution in [-0.2, 0) is 9.59 Å². The van der Waals surface area contributed by atoms with Crippen molar-refractivity contribution < 1.29 is 14.3 Å². The SMILES string of the molecule is Cc1nc(NC(=O)CN2C(=O)COc3cc(Br)ccc32)sc1SCC#N. The Balaban J connectivity index is 1.71. The molecule has 1 aromatic carbocycles. The van der Waals surface area contributed by atoms with Gasteiger partial charge in [-0.25, -0.2) is 4.98 Å². The number of aromatic nitrogens is 1. The molecule has 0 saturated heterocycles. The zero-order valence-electron chi connectivity index (χ0n) is 13.6. The minimum absolute atomic E-state index is 0.109. The number of anilines is 2. The van der Waals surface area contributed by atoms with Crippen molar-refractivity contribution in [3.05, 3.63) is 28.4 Å². The highest BCUT2D eigenvalue weighted by Crippen LogP contribution is 2.35. The fourth-order valence-corrected chi connectivity index (χ4v) is 4.48. The molecule has 0 radical (unpaired) electrons. The van der Waals surface area contributed by atoms with Crippen LogP contribution in [0.2, 0.25) is 0 Å². The molecule has 10 heteroatoms. The van der Waals surface area contributed by atoms with E-state index < -0.39 is 0 Å². The van der Waals surface area contributed by atoms with Gasteiger partial charge in [0.1, 0.15) is 12.3 Å². The Bertz CT molecular complexity index is 909. The summed E-state index contributed by atoms with van der Waals surface area (Å²) in [5.41, 5.74) is 1.32. The first-order valence-corrected chi connectivity index (χ1v) is 10.1. The van der Waals surface area contributed by atoms with Crippen molar-refractivity contribution in [2.24, 2.45) is 0 Å². The molecule has 2 amide bonds. The second kappa shape index (κ2) is 8.07. The van der Waals surface area contributed by atoms with Gasteiger partial charge in [0.05, 0.1) is 27.4 Å². The minimum atomic E-state index is -0.347. The summed E-state index contributed by atoms with van der Waals surface area (Å²) in [6, 6.07) is 7.34. The third-order valence-electron chi connectivity index (χ3n) is 3.43. The third-order valence-corrected chi connectivity index (χ3v) is 6.23. The van der Waals surface area contributed by atoms with E-state index in [0.717, 1.165) is 14.4 Å². The molecular weight excluding hydrogens is 440 g/mol. The molecule has 0 spiro atoms. The van der Waals surface area contributed by atoms with E-state index in [1.54, 1.807) is 18.2 Å². The molecule has 2 aromatic rings. The molecule has 0 fully saturated rings. The number of fused-ring (bicyclic) bond motifs is 1. The van der Waals surface area contributed by atoms with Crippen molar-refractivity contribution in [2.45, 2.75) is 11.1 Å². The number of hydrogen-bond donors (Lipinski definition) is 1. The smallest absolute Gasteiger partial charge is 0.265 e. The molecule has 1 aromatic heterocycles. The second-order valence-corrected chi connectivity index (χ2v) is 8.43. The van der Waals surface area contributed by atoms with Gasteiger partial charge in [-0.1, -0.05) is 39.0 Å². The zero-order valence-corrected chi connectivity index (χ0v) is 16.8. The number of thioether (sulfide) groups is 1. The molecule has 0 aliphatic carbocycles. The predicted octanol–water partition coefficient (Wildman–Crippen LogP) is 3.19. The van der Waals surface area contributed by atoms with Gasteiger partial charge >= 0.3 is 0 Å². The van der Waals surface area contributed by atoms with Crippen LogP contribution < -0.4 is 15.0 Å². The van der Waals surface area contributed by atoms with Crippen LogP contribution in [0.1, 0.15) is 5.69 Å². The van der Waals surface area contributed by atoms with Gasteiger partial charge in [-0.05, 0) is 25.1 Å². The van der Waals surface area contributed by atoms with Crippen LogP contribution >= 0.6 is 39.0 Å². The molecule has 1 N–H and O–H groups in total. The Morgan fingerprint density at radius 2 is 2.38 bits per heavy atom. The molecule has 0 bridgehead atoms. The van der Waals surface area contributed by atoms with Crippen molar-refractivity contribution in [1.82, 2.24) is 4.98 Å². The number of nitriles is 1. The highest BCUT2D eigenvalue weighted by molar-refractivity contribution is 9.10. The number of hydrogen-bond acceptors (Lipinski definition) is 7. The van der Waals surface area contributed by atoms with Crippen LogP contribution in [0.4, 0.5) is 10.8 Å². The first-order valence-electron chi connectivity index (χ1n) is 7.47. The number of nitrogens with zero attached hydrogens (tertiary/aromatic N) is 3. The third kappa shape index (κ3) is 4.17. The van der Waals surface area contributed by atoms with Gasteiger partial charge in [0, 0.05) is 4.47 Å². The lowest BCUT2D eigenvalue weighted by molar-refractivity contribution is -0.123. The summed E-state index contributed by atoms with van der Waals surface area (Å²) < 4.78 is 7.13. The van der Waals surface area contributed by atoms with Gasteiger partial charge in [0.2, 0.25) is 5.91 Å². The molecule has 0 unspecified atom stereocenters. The molecular formula is C16H13BrN4O3S2. The lowest BCUT2D eigenvalue weighted by atomic mass is 10.2. The maximum Gasteiger partial charge on any atom is 0.265 e. The number of ether oxygens (including phenoxy) is 1. The highest BCUT2D eigenvalue weighted by atomic mass is 79.9. The zero-order chi connectivity index (χ0) is 18.7. The van der Waals surface area contributed by atoms with Crippen LogP contribution in [0.15, 0.2) is 26.9 Å². The highest BCUT2D eigenvalue weighted by Gasteiger charge is 2.27. The molecule has 7 nitrogen and oxygen atoms in total. The fourth-order valence-electron chi connectivity index (χ4n) is 2.32. The average molecular weight is 453 g/mol. The maximum atomic E-state index is 12.4.